The number of hydrogen-bond donors (Lipinski definition) is 0. The van der Waals surface area contributed by atoms with E-state index in [-0.39, 0.29) is 5.78 Å². The summed E-state index contributed by atoms with van der Waals surface area (Å²) in [6.07, 6.45) is 2.33. The van der Waals surface area contributed by atoms with E-state index in [9.17, 15) is 4.79 Å². The van der Waals surface area contributed by atoms with Crippen LogP contribution < -0.4 is 0 Å². The van der Waals surface area contributed by atoms with Gasteiger partial charge >= 0.3 is 0 Å². The number of ketones is 1. The quantitative estimate of drug-likeness (QED) is 0.393. The van der Waals surface area contributed by atoms with Crippen molar-refractivity contribution in [3.63, 3.8) is 0 Å². The molecule has 0 aromatic rings. The van der Waals surface area contributed by atoms with E-state index in [2.05, 4.69) is 10.2 Å². The lowest BCUT2D eigenvalue weighted by atomic mass is 10.5. The van der Waals surface area contributed by atoms with E-state index in [1.54, 1.807) is 0 Å². The average Bonchev–Trinajstić information content (AvgIpc) is 1.86. The van der Waals surface area contributed by atoms with Crippen LogP contribution in [0.4, 0.5) is 0 Å². The van der Waals surface area contributed by atoms with Crippen LogP contribution in [-0.4, -0.2) is 18.2 Å². The molecule has 1 rings (SSSR count). The number of rotatable bonds is 0. The Hall–Kier alpha value is -0.990. The number of hydrogen-bond acceptors (Lipinski definition) is 3. The molecule has 0 radical (unpaired) electrons. The van der Waals surface area contributed by atoms with Crippen molar-refractivity contribution in [1.82, 2.24) is 0 Å². The summed E-state index contributed by atoms with van der Waals surface area (Å²) < 4.78 is 0. The molecule has 0 aromatic heterocycles. The van der Waals surface area contributed by atoms with Crippen LogP contribution in [0.1, 0.15) is 0 Å². The fourth-order valence-corrected chi connectivity index (χ4v) is 0.214. The van der Waals surface area contributed by atoms with Crippen LogP contribution in [0.5, 0.6) is 0 Å². The monoisotopic (exact) mass is 82.0 g/mol. The van der Waals surface area contributed by atoms with Gasteiger partial charge in [0.05, 0.1) is 12.4 Å². The maximum Gasteiger partial charge on any atom is 0.218 e. The summed E-state index contributed by atoms with van der Waals surface area (Å²) in [5.74, 6) is -0.130. The Labute approximate surface area is 34.4 Å². The molecule has 0 N–H and O–H groups in total. The van der Waals surface area contributed by atoms with Gasteiger partial charge in [0, 0.05) is 0 Å². The first kappa shape index (κ1) is 3.21. The topological polar surface area (TPSA) is 41.8 Å². The summed E-state index contributed by atoms with van der Waals surface area (Å²) in [5, 5.41) is 6.52. The molecule has 1 aliphatic rings. The first-order valence-corrected chi connectivity index (χ1v) is 1.50. The third-order valence-corrected chi connectivity index (χ3v) is 0.437. The smallest absolute Gasteiger partial charge is 0.218 e. The van der Waals surface area contributed by atoms with Gasteiger partial charge in [0.2, 0.25) is 5.78 Å². The second-order valence-corrected chi connectivity index (χ2v) is 0.892. The third kappa shape index (κ3) is 0.337. The van der Waals surface area contributed by atoms with Crippen LogP contribution >= 0.6 is 0 Å². The summed E-state index contributed by atoms with van der Waals surface area (Å²) in [6.45, 7) is 0. The molecule has 6 heavy (non-hydrogen) atoms. The molecule has 0 bridgehead atoms. The van der Waals surface area contributed by atoms with Crippen LogP contribution in [0.2, 0.25) is 0 Å². The predicted molar refractivity (Wildman–Crippen MR) is 22.0 cm³/mol. The fraction of sp³-hybridized carbons (Fsp3) is 0. The molecule has 0 saturated heterocycles. The zero-order valence-electron chi connectivity index (χ0n) is 2.96. The third-order valence-electron chi connectivity index (χ3n) is 0.437. The van der Waals surface area contributed by atoms with Crippen molar-refractivity contribution >= 4 is 18.2 Å². The summed E-state index contributed by atoms with van der Waals surface area (Å²) in [5.41, 5.74) is 0. The maximum absolute atomic E-state index is 9.94. The van der Waals surface area contributed by atoms with Crippen molar-refractivity contribution in [3.8, 4) is 0 Å². The largest absolute Gasteiger partial charge is 0.286 e. The highest BCUT2D eigenvalue weighted by molar-refractivity contribution is 6.54. The summed E-state index contributed by atoms with van der Waals surface area (Å²) in [4.78, 5) is 9.94. The number of Topliss-reactive ketones (excluding diaryl/α,β-unsaturated/α-hetero) is 1. The lowest BCUT2D eigenvalue weighted by Gasteiger charge is -1.56. The standard InChI is InChI=1S/C3H2N2O/c6-3-1-4-5-2-3/h1-2H. The Morgan fingerprint density at radius 2 is 1.83 bits per heavy atom. The summed E-state index contributed by atoms with van der Waals surface area (Å²) in [6, 6.07) is 0. The second kappa shape index (κ2) is 1.01. The number of carbonyl (C=O) groups excluding carboxylic acids is 1. The van der Waals surface area contributed by atoms with Gasteiger partial charge in [-0.2, -0.15) is 10.2 Å². The molecule has 0 atom stereocenters. The molecule has 3 heteroatoms. The minimum atomic E-state index is -0.130. The minimum Gasteiger partial charge on any atom is -0.286 e. The van der Waals surface area contributed by atoms with E-state index in [4.69, 9.17) is 0 Å². The molecule has 1 heterocycles. The zero-order chi connectivity index (χ0) is 4.41. The molecule has 0 unspecified atom stereocenters. The molecular formula is C3H2N2O. The average molecular weight is 82.1 g/mol. The molecule has 0 amide bonds. The predicted octanol–water partition coefficient (Wildman–Crippen LogP) is -0.374. The Morgan fingerprint density at radius 3 is 2.00 bits per heavy atom. The van der Waals surface area contributed by atoms with Gasteiger partial charge in [0.15, 0.2) is 0 Å². The van der Waals surface area contributed by atoms with E-state index >= 15 is 0 Å². The Balaban J connectivity index is 2.86. The second-order valence-electron chi connectivity index (χ2n) is 0.892. The van der Waals surface area contributed by atoms with Crippen molar-refractivity contribution in [2.24, 2.45) is 10.2 Å². The molecule has 1 aliphatic heterocycles. The van der Waals surface area contributed by atoms with Gasteiger partial charge in [-0.05, 0) is 0 Å². The van der Waals surface area contributed by atoms with Crippen molar-refractivity contribution in [2.75, 3.05) is 0 Å². The zero-order valence-corrected chi connectivity index (χ0v) is 2.96. The van der Waals surface area contributed by atoms with E-state index in [0.29, 0.717) is 0 Å². The SMILES string of the molecule is O=C1C=NN=C1. The molecule has 0 fully saturated rings. The van der Waals surface area contributed by atoms with Crippen LogP contribution in [0.25, 0.3) is 0 Å². The molecule has 30 valence electrons. The van der Waals surface area contributed by atoms with Gasteiger partial charge in [0.1, 0.15) is 0 Å². The lowest BCUT2D eigenvalue weighted by molar-refractivity contribution is -0.106. The Bertz CT molecular complexity index is 111. The Morgan fingerprint density at radius 1 is 1.33 bits per heavy atom. The van der Waals surface area contributed by atoms with Gasteiger partial charge < -0.3 is 0 Å². The molecule has 0 spiro atoms. The highest BCUT2D eigenvalue weighted by Gasteiger charge is 1.92. The highest BCUT2D eigenvalue weighted by Crippen LogP contribution is 1.75. The number of carbonyl (C=O) groups is 1. The van der Waals surface area contributed by atoms with Crippen LogP contribution in [0.3, 0.4) is 0 Å². The summed E-state index contributed by atoms with van der Waals surface area (Å²) >= 11 is 0. The molecule has 0 aromatic carbocycles. The molecule has 0 saturated carbocycles. The van der Waals surface area contributed by atoms with E-state index in [1.807, 2.05) is 0 Å². The van der Waals surface area contributed by atoms with Gasteiger partial charge in [-0.25, -0.2) is 0 Å². The molecular weight excluding hydrogens is 80.0 g/mol. The molecule has 3 nitrogen and oxygen atoms in total. The van der Waals surface area contributed by atoms with Crippen LogP contribution in [0, 0.1) is 0 Å². The van der Waals surface area contributed by atoms with Crippen molar-refractivity contribution < 1.29 is 4.79 Å². The number of nitrogens with zero attached hydrogens (tertiary/aromatic N) is 2. The molecule has 0 aliphatic carbocycles. The van der Waals surface area contributed by atoms with Crippen molar-refractivity contribution in [1.29, 1.82) is 0 Å². The van der Waals surface area contributed by atoms with E-state index < -0.39 is 0 Å². The normalized spacial score (nSPS) is 17.0. The van der Waals surface area contributed by atoms with Gasteiger partial charge in [-0.15, -0.1) is 0 Å². The minimum absolute atomic E-state index is 0.130. The van der Waals surface area contributed by atoms with Crippen molar-refractivity contribution in [2.45, 2.75) is 0 Å². The van der Waals surface area contributed by atoms with Gasteiger partial charge in [-0.3, -0.25) is 4.79 Å². The maximum atomic E-state index is 9.94. The first-order valence-electron chi connectivity index (χ1n) is 1.50. The van der Waals surface area contributed by atoms with Crippen LogP contribution in [-0.2, 0) is 4.79 Å². The Kier molecular flexibility index (Phi) is 0.538. The van der Waals surface area contributed by atoms with Gasteiger partial charge in [0.25, 0.3) is 0 Å². The van der Waals surface area contributed by atoms with Crippen molar-refractivity contribution in [3.05, 3.63) is 0 Å². The fourth-order valence-electron chi connectivity index (χ4n) is 0.214. The first-order chi connectivity index (χ1) is 2.89. The van der Waals surface area contributed by atoms with E-state index in [1.165, 1.54) is 12.4 Å². The lowest BCUT2D eigenvalue weighted by Crippen LogP contribution is -1.92. The highest BCUT2D eigenvalue weighted by atomic mass is 16.1. The van der Waals surface area contributed by atoms with Crippen LogP contribution in [0.15, 0.2) is 10.2 Å². The summed E-state index contributed by atoms with van der Waals surface area (Å²) in [7, 11) is 0. The van der Waals surface area contributed by atoms with Gasteiger partial charge in [-0.1, -0.05) is 0 Å². The van der Waals surface area contributed by atoms with E-state index in [0.717, 1.165) is 0 Å².